The lowest BCUT2D eigenvalue weighted by atomic mass is 10.2. The Morgan fingerprint density at radius 1 is 0.952 bits per heavy atom. The van der Waals surface area contributed by atoms with Crippen molar-refractivity contribution in [2.75, 3.05) is 5.32 Å². The number of rotatable bonds is 3. The molecule has 1 N–H and O–H groups in total. The van der Waals surface area contributed by atoms with E-state index < -0.39 is 6.09 Å². The Morgan fingerprint density at radius 3 is 2.33 bits per heavy atom. The van der Waals surface area contributed by atoms with Crippen LogP contribution in [0.2, 0.25) is 0 Å². The molecule has 0 aliphatic rings. The van der Waals surface area contributed by atoms with E-state index in [2.05, 4.69) is 14.1 Å². The second-order valence-corrected chi connectivity index (χ2v) is 4.69. The average molecular weight is 297 g/mol. The van der Waals surface area contributed by atoms with Crippen LogP contribution in [0, 0.1) is 0 Å². The number of aromatic nitrogens is 2. The molecule has 0 spiro atoms. The molecule has 5 nitrogen and oxygen atoms in total. The van der Waals surface area contributed by atoms with Crippen LogP contribution in [-0.2, 0) is 0 Å². The van der Waals surface area contributed by atoms with Crippen LogP contribution in [0.15, 0.2) is 60.7 Å². The molecule has 0 unspecified atom stereocenters. The van der Waals surface area contributed by atoms with Crippen molar-refractivity contribution in [3.05, 3.63) is 60.7 Å². The number of ether oxygens (including phenoxy) is 1. The number of nitrogens with zero attached hydrogens (tertiary/aromatic N) is 2. The molecule has 1 amide bonds. The number of nitrogens with one attached hydrogen (secondary N) is 1. The van der Waals surface area contributed by atoms with E-state index in [1.807, 2.05) is 48.5 Å². The Bertz CT molecular complexity index is 729. The van der Waals surface area contributed by atoms with Crippen molar-refractivity contribution in [2.24, 2.45) is 0 Å². The molecule has 104 valence electrons. The highest BCUT2D eigenvalue weighted by Crippen LogP contribution is 2.27. The Labute approximate surface area is 125 Å². The zero-order valence-corrected chi connectivity index (χ0v) is 11.7. The van der Waals surface area contributed by atoms with E-state index in [1.54, 1.807) is 12.1 Å². The van der Waals surface area contributed by atoms with Crippen molar-refractivity contribution in [3.8, 4) is 17.1 Å². The number of amides is 1. The molecule has 21 heavy (non-hydrogen) atoms. The van der Waals surface area contributed by atoms with Crippen LogP contribution in [0.1, 0.15) is 0 Å². The van der Waals surface area contributed by atoms with Gasteiger partial charge < -0.3 is 4.74 Å². The molecular weight excluding hydrogens is 286 g/mol. The lowest BCUT2D eigenvalue weighted by molar-refractivity contribution is 0.214. The molecule has 6 heteroatoms. The van der Waals surface area contributed by atoms with Crippen molar-refractivity contribution >= 4 is 23.5 Å². The van der Waals surface area contributed by atoms with Crippen molar-refractivity contribution in [1.82, 2.24) is 8.75 Å². The fourth-order valence-electron chi connectivity index (χ4n) is 1.77. The van der Waals surface area contributed by atoms with E-state index in [4.69, 9.17) is 4.74 Å². The van der Waals surface area contributed by atoms with Crippen LogP contribution in [0.4, 0.5) is 10.5 Å². The molecule has 0 aliphatic heterocycles. The summed E-state index contributed by atoms with van der Waals surface area (Å²) < 4.78 is 13.4. The van der Waals surface area contributed by atoms with Gasteiger partial charge in [0.1, 0.15) is 5.69 Å². The maximum absolute atomic E-state index is 11.9. The average Bonchev–Trinajstić information content (AvgIpc) is 2.97. The van der Waals surface area contributed by atoms with Gasteiger partial charge in [-0.25, -0.2) is 4.79 Å². The number of hydrogen-bond acceptors (Lipinski definition) is 5. The highest BCUT2D eigenvalue weighted by molar-refractivity contribution is 6.99. The van der Waals surface area contributed by atoms with E-state index >= 15 is 0 Å². The highest BCUT2D eigenvalue weighted by atomic mass is 32.1. The van der Waals surface area contributed by atoms with Crippen LogP contribution in [0.5, 0.6) is 5.88 Å². The molecule has 1 heterocycles. The maximum Gasteiger partial charge on any atom is 0.418 e. The summed E-state index contributed by atoms with van der Waals surface area (Å²) in [5.74, 6) is 0.208. The van der Waals surface area contributed by atoms with Gasteiger partial charge in [-0.3, -0.25) is 5.32 Å². The number of carbonyl (C=O) groups is 1. The largest absolute Gasteiger partial charge is 0.418 e. The van der Waals surface area contributed by atoms with Crippen LogP contribution in [0.3, 0.4) is 0 Å². The van der Waals surface area contributed by atoms with Gasteiger partial charge in [0.2, 0.25) is 0 Å². The van der Waals surface area contributed by atoms with Gasteiger partial charge in [0, 0.05) is 11.3 Å². The number of carbonyl (C=O) groups excluding carboxylic acids is 1. The van der Waals surface area contributed by atoms with E-state index in [-0.39, 0.29) is 5.88 Å². The van der Waals surface area contributed by atoms with Gasteiger partial charge in [-0.1, -0.05) is 48.5 Å². The molecule has 3 aromatic rings. The second-order valence-electron chi connectivity index (χ2n) is 4.16. The quantitative estimate of drug-likeness (QED) is 0.798. The minimum Gasteiger partial charge on any atom is -0.388 e. The zero-order chi connectivity index (χ0) is 14.5. The molecule has 0 aliphatic carbocycles. The predicted octanol–water partition coefficient (Wildman–Crippen LogP) is 3.82. The standard InChI is InChI=1S/C15H11N3O2S/c19-15(16-12-9-5-2-6-10-12)20-14-13(17-21-18-14)11-7-3-1-4-8-11/h1-10H,(H,16,19). The van der Waals surface area contributed by atoms with E-state index in [0.717, 1.165) is 17.3 Å². The monoisotopic (exact) mass is 297 g/mol. The van der Waals surface area contributed by atoms with E-state index in [0.29, 0.717) is 11.4 Å². The first-order chi connectivity index (χ1) is 10.3. The SMILES string of the molecule is O=C(Nc1ccccc1)Oc1nsnc1-c1ccccc1. The lowest BCUT2D eigenvalue weighted by Crippen LogP contribution is -2.17. The summed E-state index contributed by atoms with van der Waals surface area (Å²) in [5.41, 5.74) is 2.07. The topological polar surface area (TPSA) is 64.1 Å². The summed E-state index contributed by atoms with van der Waals surface area (Å²) in [6.45, 7) is 0. The molecule has 0 saturated carbocycles. The normalized spacial score (nSPS) is 10.1. The van der Waals surface area contributed by atoms with Crippen molar-refractivity contribution in [2.45, 2.75) is 0 Å². The summed E-state index contributed by atoms with van der Waals surface area (Å²) in [5, 5.41) is 2.63. The third-order valence-electron chi connectivity index (χ3n) is 2.72. The Kier molecular flexibility index (Phi) is 3.88. The maximum atomic E-state index is 11.9. The van der Waals surface area contributed by atoms with Crippen LogP contribution < -0.4 is 10.1 Å². The number of hydrogen-bond donors (Lipinski definition) is 1. The summed E-state index contributed by atoms with van der Waals surface area (Å²) in [7, 11) is 0. The van der Waals surface area contributed by atoms with Gasteiger partial charge in [-0.05, 0) is 12.1 Å². The molecule has 2 aromatic carbocycles. The van der Waals surface area contributed by atoms with Gasteiger partial charge in [-0.2, -0.15) is 4.37 Å². The lowest BCUT2D eigenvalue weighted by Gasteiger charge is -2.05. The van der Waals surface area contributed by atoms with Gasteiger partial charge >= 0.3 is 6.09 Å². The van der Waals surface area contributed by atoms with Gasteiger partial charge in [0.25, 0.3) is 5.88 Å². The molecule has 0 bridgehead atoms. The molecule has 3 rings (SSSR count). The number of anilines is 1. The predicted molar refractivity (Wildman–Crippen MR) is 81.4 cm³/mol. The van der Waals surface area contributed by atoms with Crippen LogP contribution in [-0.4, -0.2) is 14.8 Å². The molecule has 0 atom stereocenters. The van der Waals surface area contributed by atoms with Gasteiger partial charge in [0.15, 0.2) is 0 Å². The van der Waals surface area contributed by atoms with Crippen molar-refractivity contribution in [1.29, 1.82) is 0 Å². The first-order valence-corrected chi connectivity index (χ1v) is 6.98. The number of para-hydroxylation sites is 1. The third kappa shape index (κ3) is 3.24. The Hall–Kier alpha value is -2.73. The minimum atomic E-state index is -0.592. The van der Waals surface area contributed by atoms with Crippen molar-refractivity contribution in [3.63, 3.8) is 0 Å². The summed E-state index contributed by atoms with van der Waals surface area (Å²) in [4.78, 5) is 11.9. The first-order valence-electron chi connectivity index (χ1n) is 6.25. The summed E-state index contributed by atoms with van der Waals surface area (Å²) in [6, 6.07) is 18.5. The Morgan fingerprint density at radius 2 is 1.62 bits per heavy atom. The summed E-state index contributed by atoms with van der Waals surface area (Å²) in [6.07, 6.45) is -0.592. The van der Waals surface area contributed by atoms with Crippen molar-refractivity contribution < 1.29 is 9.53 Å². The highest BCUT2D eigenvalue weighted by Gasteiger charge is 2.15. The fraction of sp³-hybridized carbons (Fsp3) is 0. The second kappa shape index (κ2) is 6.15. The van der Waals surface area contributed by atoms with Crippen LogP contribution in [0.25, 0.3) is 11.3 Å². The fourth-order valence-corrected chi connectivity index (χ4v) is 2.28. The number of benzene rings is 2. The molecule has 0 radical (unpaired) electrons. The minimum absolute atomic E-state index is 0.208. The van der Waals surface area contributed by atoms with E-state index in [1.165, 1.54) is 0 Å². The molecule has 0 saturated heterocycles. The van der Waals surface area contributed by atoms with Gasteiger partial charge in [0.05, 0.1) is 11.7 Å². The first kappa shape index (κ1) is 13.3. The molecular formula is C15H11N3O2S. The van der Waals surface area contributed by atoms with Gasteiger partial charge in [-0.15, -0.1) is 4.37 Å². The Balaban J connectivity index is 1.74. The molecule has 0 fully saturated rings. The zero-order valence-electron chi connectivity index (χ0n) is 10.9. The third-order valence-corrected chi connectivity index (χ3v) is 3.23. The summed E-state index contributed by atoms with van der Waals surface area (Å²) >= 11 is 1.00. The molecule has 1 aromatic heterocycles. The smallest absolute Gasteiger partial charge is 0.388 e. The van der Waals surface area contributed by atoms with E-state index in [9.17, 15) is 4.79 Å². The van der Waals surface area contributed by atoms with Crippen LogP contribution >= 0.6 is 11.7 Å².